The van der Waals surface area contributed by atoms with Crippen LogP contribution in [0.4, 0.5) is 10.1 Å². The number of anilines is 1. The summed E-state index contributed by atoms with van der Waals surface area (Å²) in [6.45, 7) is 0. The molecule has 1 aliphatic rings. The summed E-state index contributed by atoms with van der Waals surface area (Å²) in [5, 5.41) is 4.75. The lowest BCUT2D eigenvalue weighted by Crippen LogP contribution is -2.55. The second-order valence-corrected chi connectivity index (χ2v) is 8.53. The van der Waals surface area contributed by atoms with E-state index in [1.165, 1.54) is 30.5 Å². The molecule has 1 aromatic heterocycles. The molecule has 1 amide bonds. The number of benzene rings is 1. The lowest BCUT2D eigenvalue weighted by atomic mass is 10.1. The first-order valence-corrected chi connectivity index (χ1v) is 9.88. The molecule has 1 fully saturated rings. The quantitative estimate of drug-likeness (QED) is 0.820. The van der Waals surface area contributed by atoms with Crippen molar-refractivity contribution in [3.05, 3.63) is 45.6 Å². The molecule has 11 heteroatoms. The van der Waals surface area contributed by atoms with Gasteiger partial charge in [-0.3, -0.25) is 4.79 Å². The van der Waals surface area contributed by atoms with Crippen molar-refractivity contribution in [2.45, 2.75) is 18.5 Å². The molecule has 2 aromatic rings. The summed E-state index contributed by atoms with van der Waals surface area (Å²) >= 11 is 7.00. The number of thiazole rings is 1. The number of nitrogens with zero attached hydrogens (tertiary/aromatic N) is 2. The van der Waals surface area contributed by atoms with Gasteiger partial charge in [-0.1, -0.05) is 11.6 Å². The van der Waals surface area contributed by atoms with E-state index in [2.05, 4.69) is 15.0 Å². The van der Waals surface area contributed by atoms with Crippen molar-refractivity contribution >= 4 is 44.7 Å². The van der Waals surface area contributed by atoms with Gasteiger partial charge in [0.25, 0.3) is 10.2 Å². The van der Waals surface area contributed by atoms with Gasteiger partial charge in [-0.2, -0.15) is 17.4 Å². The number of rotatable bonds is 3. The SMILES string of the molecule is CN1C(C(=O)Nc2ccc(F)c(Cl)c2)CC(c2nccs2)NS1(=O)=O. The molecule has 1 saturated heterocycles. The Bertz CT molecular complexity index is 891. The number of aromatic nitrogens is 1. The second kappa shape index (κ2) is 6.96. The molecule has 0 radical (unpaired) electrons. The highest BCUT2D eigenvalue weighted by molar-refractivity contribution is 7.87. The molecule has 7 nitrogen and oxygen atoms in total. The highest BCUT2D eigenvalue weighted by atomic mass is 35.5. The Morgan fingerprint density at radius 3 is 2.92 bits per heavy atom. The Morgan fingerprint density at radius 1 is 1.52 bits per heavy atom. The van der Waals surface area contributed by atoms with E-state index in [1.807, 2.05) is 0 Å². The smallest absolute Gasteiger partial charge is 0.280 e. The zero-order valence-corrected chi connectivity index (χ0v) is 15.3. The van der Waals surface area contributed by atoms with Crippen LogP contribution in [0.1, 0.15) is 17.5 Å². The number of hydrogen-bond donors (Lipinski definition) is 2. The zero-order chi connectivity index (χ0) is 18.2. The molecule has 2 unspecified atom stereocenters. The van der Waals surface area contributed by atoms with Crippen LogP contribution in [0.25, 0.3) is 0 Å². The lowest BCUT2D eigenvalue weighted by molar-refractivity contribution is -0.120. The van der Waals surface area contributed by atoms with Crippen LogP contribution in [0.2, 0.25) is 5.02 Å². The minimum absolute atomic E-state index is 0.134. The van der Waals surface area contributed by atoms with Gasteiger partial charge in [-0.05, 0) is 24.6 Å². The topological polar surface area (TPSA) is 91.4 Å². The van der Waals surface area contributed by atoms with E-state index in [4.69, 9.17) is 11.6 Å². The molecule has 2 atom stereocenters. The van der Waals surface area contributed by atoms with Crippen LogP contribution < -0.4 is 10.0 Å². The molecule has 2 N–H and O–H groups in total. The summed E-state index contributed by atoms with van der Waals surface area (Å²) in [7, 11) is -2.51. The number of halogens is 2. The summed E-state index contributed by atoms with van der Waals surface area (Å²) < 4.78 is 41.3. The van der Waals surface area contributed by atoms with E-state index < -0.39 is 34.0 Å². The molecule has 0 saturated carbocycles. The maximum absolute atomic E-state index is 13.2. The van der Waals surface area contributed by atoms with Gasteiger partial charge < -0.3 is 5.32 Å². The fourth-order valence-corrected chi connectivity index (χ4v) is 4.69. The van der Waals surface area contributed by atoms with Crippen LogP contribution >= 0.6 is 22.9 Å². The Kier molecular flexibility index (Phi) is 5.07. The lowest BCUT2D eigenvalue weighted by Gasteiger charge is -2.35. The number of hydrogen-bond acceptors (Lipinski definition) is 5. The predicted octanol–water partition coefficient (Wildman–Crippen LogP) is 2.15. The van der Waals surface area contributed by atoms with Gasteiger partial charge in [0.05, 0.1) is 11.1 Å². The van der Waals surface area contributed by atoms with Crippen LogP contribution in [-0.2, 0) is 15.0 Å². The number of carbonyl (C=O) groups excluding carboxylic acids is 1. The van der Waals surface area contributed by atoms with Crippen molar-refractivity contribution in [3.63, 3.8) is 0 Å². The molecule has 134 valence electrons. The fraction of sp³-hybridized carbons (Fsp3) is 0.286. The Hall–Kier alpha value is -1.59. The summed E-state index contributed by atoms with van der Waals surface area (Å²) in [6, 6.07) is 2.22. The third-order valence-corrected chi connectivity index (χ3v) is 6.58. The summed E-state index contributed by atoms with van der Waals surface area (Å²) in [5.74, 6) is -1.14. The van der Waals surface area contributed by atoms with Crippen molar-refractivity contribution < 1.29 is 17.6 Å². The van der Waals surface area contributed by atoms with E-state index >= 15 is 0 Å². The number of likely N-dealkylation sites (N-methyl/N-ethyl adjacent to an activating group) is 1. The van der Waals surface area contributed by atoms with Crippen molar-refractivity contribution in [2.75, 3.05) is 12.4 Å². The summed E-state index contributed by atoms with van der Waals surface area (Å²) in [6.07, 6.45) is 1.78. The first kappa shape index (κ1) is 18.2. The zero-order valence-electron chi connectivity index (χ0n) is 12.9. The van der Waals surface area contributed by atoms with Crippen molar-refractivity contribution in [1.29, 1.82) is 0 Å². The first-order chi connectivity index (χ1) is 11.8. The molecule has 25 heavy (non-hydrogen) atoms. The highest BCUT2D eigenvalue weighted by Crippen LogP contribution is 2.29. The van der Waals surface area contributed by atoms with E-state index in [-0.39, 0.29) is 17.1 Å². The minimum atomic E-state index is -3.83. The van der Waals surface area contributed by atoms with Crippen molar-refractivity contribution in [2.24, 2.45) is 0 Å². The van der Waals surface area contributed by atoms with Crippen molar-refractivity contribution in [3.8, 4) is 0 Å². The molecule has 1 aliphatic heterocycles. The largest absolute Gasteiger partial charge is 0.325 e. The third kappa shape index (κ3) is 3.82. The van der Waals surface area contributed by atoms with Crippen LogP contribution in [0.5, 0.6) is 0 Å². The summed E-state index contributed by atoms with van der Waals surface area (Å²) in [4.78, 5) is 16.7. The maximum Gasteiger partial charge on any atom is 0.280 e. The van der Waals surface area contributed by atoms with Gasteiger partial charge >= 0.3 is 0 Å². The average Bonchev–Trinajstić information content (AvgIpc) is 3.07. The average molecular weight is 405 g/mol. The Labute approximate surface area is 153 Å². The number of nitrogens with one attached hydrogen (secondary N) is 2. The minimum Gasteiger partial charge on any atom is -0.325 e. The van der Waals surface area contributed by atoms with Gasteiger partial charge in [-0.15, -0.1) is 11.3 Å². The Balaban J connectivity index is 1.83. The van der Waals surface area contributed by atoms with Crippen LogP contribution in [0.3, 0.4) is 0 Å². The second-order valence-electron chi connectivity index (χ2n) is 5.43. The number of amides is 1. The van der Waals surface area contributed by atoms with Crippen LogP contribution in [0.15, 0.2) is 29.8 Å². The normalized spacial score (nSPS) is 23.3. The molecular formula is C14H14ClFN4O3S2. The molecule has 0 aliphatic carbocycles. The molecule has 3 rings (SSSR count). The molecule has 0 spiro atoms. The third-order valence-electron chi connectivity index (χ3n) is 3.81. The predicted molar refractivity (Wildman–Crippen MR) is 93.1 cm³/mol. The van der Waals surface area contributed by atoms with Gasteiger partial charge in [-0.25, -0.2) is 9.37 Å². The summed E-state index contributed by atoms with van der Waals surface area (Å²) in [5.41, 5.74) is 0.284. The van der Waals surface area contributed by atoms with Crippen LogP contribution in [-0.4, -0.2) is 36.7 Å². The van der Waals surface area contributed by atoms with Gasteiger partial charge in [0.2, 0.25) is 5.91 Å². The van der Waals surface area contributed by atoms with E-state index in [0.717, 1.165) is 10.4 Å². The fourth-order valence-electron chi connectivity index (χ4n) is 2.48. The van der Waals surface area contributed by atoms with Gasteiger partial charge in [0.1, 0.15) is 16.9 Å². The molecule has 2 heterocycles. The molecule has 0 bridgehead atoms. The highest BCUT2D eigenvalue weighted by Gasteiger charge is 2.41. The van der Waals surface area contributed by atoms with Gasteiger partial charge in [0.15, 0.2) is 0 Å². The van der Waals surface area contributed by atoms with Crippen molar-refractivity contribution in [1.82, 2.24) is 14.0 Å². The molecule has 1 aromatic carbocycles. The Morgan fingerprint density at radius 2 is 2.28 bits per heavy atom. The number of carbonyl (C=O) groups is 1. The molecular weight excluding hydrogens is 391 g/mol. The van der Waals surface area contributed by atoms with E-state index in [9.17, 15) is 17.6 Å². The van der Waals surface area contributed by atoms with Gasteiger partial charge in [0, 0.05) is 24.3 Å². The van der Waals surface area contributed by atoms with E-state index in [1.54, 1.807) is 11.6 Å². The monoisotopic (exact) mass is 404 g/mol. The van der Waals surface area contributed by atoms with Crippen LogP contribution in [0, 0.1) is 5.82 Å². The maximum atomic E-state index is 13.2. The standard InChI is InChI=1S/C14H14ClFN4O3S2/c1-20-12(13(21)18-8-2-3-10(16)9(15)6-8)7-11(19-25(20,22)23)14-17-4-5-24-14/h2-6,11-12,19H,7H2,1H3,(H,18,21). The first-order valence-electron chi connectivity index (χ1n) is 7.18. The van der Waals surface area contributed by atoms with E-state index in [0.29, 0.717) is 5.01 Å².